The van der Waals surface area contributed by atoms with Crippen molar-refractivity contribution in [2.75, 3.05) is 32.8 Å². The van der Waals surface area contributed by atoms with Crippen molar-refractivity contribution in [2.24, 2.45) is 0 Å². The number of ether oxygens (including phenoxy) is 1. The van der Waals surface area contributed by atoms with Crippen LogP contribution in [0.4, 0.5) is 4.39 Å². The molecule has 1 atom stereocenters. The molecule has 2 heterocycles. The summed E-state index contributed by atoms with van der Waals surface area (Å²) in [7, 11) is 0. The van der Waals surface area contributed by atoms with Gasteiger partial charge in [0.1, 0.15) is 5.82 Å². The molecule has 6 heteroatoms. The van der Waals surface area contributed by atoms with Gasteiger partial charge in [-0.05, 0) is 29.1 Å². The Kier molecular flexibility index (Phi) is 7.46. The average molecular weight is 357 g/mol. The van der Waals surface area contributed by atoms with Crippen molar-refractivity contribution in [3.05, 3.63) is 58.0 Å². The van der Waals surface area contributed by atoms with Gasteiger partial charge in [-0.25, -0.2) is 4.39 Å². The van der Waals surface area contributed by atoms with Crippen molar-refractivity contribution >= 4 is 23.7 Å². The highest BCUT2D eigenvalue weighted by molar-refractivity contribution is 7.09. The molecule has 1 aromatic carbocycles. The van der Waals surface area contributed by atoms with E-state index in [9.17, 15) is 4.39 Å². The minimum Gasteiger partial charge on any atom is -0.379 e. The van der Waals surface area contributed by atoms with E-state index in [1.165, 1.54) is 10.9 Å². The second kappa shape index (κ2) is 9.35. The Balaban J connectivity index is 0.00000192. The fraction of sp³-hybridized carbons (Fsp3) is 0.412. The first-order valence-electron chi connectivity index (χ1n) is 7.63. The van der Waals surface area contributed by atoms with E-state index in [-0.39, 0.29) is 24.3 Å². The molecular weight excluding hydrogens is 335 g/mol. The van der Waals surface area contributed by atoms with Crippen LogP contribution < -0.4 is 5.32 Å². The molecular formula is C17H22ClFN2OS. The van der Waals surface area contributed by atoms with E-state index in [1.807, 2.05) is 6.07 Å². The van der Waals surface area contributed by atoms with Gasteiger partial charge in [-0.15, -0.1) is 23.7 Å². The van der Waals surface area contributed by atoms with Gasteiger partial charge in [-0.2, -0.15) is 0 Å². The third-order valence-corrected chi connectivity index (χ3v) is 4.81. The first-order valence-corrected chi connectivity index (χ1v) is 8.51. The van der Waals surface area contributed by atoms with Gasteiger partial charge in [-0.3, -0.25) is 4.90 Å². The van der Waals surface area contributed by atoms with E-state index < -0.39 is 0 Å². The molecule has 0 amide bonds. The van der Waals surface area contributed by atoms with E-state index in [4.69, 9.17) is 4.74 Å². The molecule has 2 aromatic rings. The Morgan fingerprint density at radius 2 is 2.04 bits per heavy atom. The number of nitrogens with zero attached hydrogens (tertiary/aromatic N) is 1. The highest BCUT2D eigenvalue weighted by atomic mass is 35.5. The summed E-state index contributed by atoms with van der Waals surface area (Å²) < 4.78 is 19.0. The van der Waals surface area contributed by atoms with Crippen molar-refractivity contribution in [3.8, 4) is 0 Å². The van der Waals surface area contributed by atoms with Gasteiger partial charge in [0.05, 0.1) is 13.2 Å². The maximum absolute atomic E-state index is 13.6. The van der Waals surface area contributed by atoms with Crippen LogP contribution in [0.15, 0.2) is 41.8 Å². The zero-order valence-electron chi connectivity index (χ0n) is 12.9. The molecule has 3 rings (SSSR count). The first kappa shape index (κ1) is 18.4. The lowest BCUT2D eigenvalue weighted by Gasteiger charge is -2.35. The lowest BCUT2D eigenvalue weighted by Crippen LogP contribution is -2.42. The molecule has 1 saturated heterocycles. The summed E-state index contributed by atoms with van der Waals surface area (Å²) in [6.45, 7) is 4.94. The molecule has 1 fully saturated rings. The zero-order valence-corrected chi connectivity index (χ0v) is 14.5. The van der Waals surface area contributed by atoms with Crippen LogP contribution >= 0.6 is 23.7 Å². The average Bonchev–Trinajstić information content (AvgIpc) is 3.06. The normalized spacial score (nSPS) is 16.7. The number of rotatable bonds is 6. The number of halogens is 2. The molecule has 0 spiro atoms. The maximum Gasteiger partial charge on any atom is 0.123 e. The van der Waals surface area contributed by atoms with Crippen molar-refractivity contribution < 1.29 is 9.13 Å². The van der Waals surface area contributed by atoms with Gasteiger partial charge < -0.3 is 10.1 Å². The summed E-state index contributed by atoms with van der Waals surface area (Å²) >= 11 is 1.75. The highest BCUT2D eigenvalue weighted by Gasteiger charge is 2.22. The molecule has 1 N–H and O–H groups in total. The van der Waals surface area contributed by atoms with Crippen molar-refractivity contribution in [2.45, 2.75) is 12.6 Å². The Hall–Kier alpha value is -0.980. The predicted molar refractivity (Wildman–Crippen MR) is 94.8 cm³/mol. The van der Waals surface area contributed by atoms with Crippen LogP contribution in [0.1, 0.15) is 16.5 Å². The number of morpholine rings is 1. The third kappa shape index (κ3) is 5.26. The second-order valence-electron chi connectivity index (χ2n) is 5.43. The smallest absolute Gasteiger partial charge is 0.123 e. The number of benzene rings is 1. The summed E-state index contributed by atoms with van der Waals surface area (Å²) in [5.41, 5.74) is 1.03. The summed E-state index contributed by atoms with van der Waals surface area (Å²) in [4.78, 5) is 3.69. The highest BCUT2D eigenvalue weighted by Crippen LogP contribution is 2.22. The van der Waals surface area contributed by atoms with Gasteiger partial charge in [0.15, 0.2) is 0 Å². The first-order chi connectivity index (χ1) is 10.8. The summed E-state index contributed by atoms with van der Waals surface area (Å²) in [5, 5.41) is 5.59. The van der Waals surface area contributed by atoms with Gasteiger partial charge in [0, 0.05) is 37.1 Å². The van der Waals surface area contributed by atoms with E-state index in [0.29, 0.717) is 0 Å². The topological polar surface area (TPSA) is 24.5 Å². The molecule has 1 aliphatic rings. The van der Waals surface area contributed by atoms with Crippen LogP contribution in [0.5, 0.6) is 0 Å². The Labute approximate surface area is 146 Å². The predicted octanol–water partition coefficient (Wildman–Crippen LogP) is 3.47. The number of hydrogen-bond donors (Lipinski definition) is 1. The Bertz CT molecular complexity index is 576. The lowest BCUT2D eigenvalue weighted by atomic mass is 10.0. The number of nitrogens with one attached hydrogen (secondary N) is 1. The van der Waals surface area contributed by atoms with Crippen LogP contribution in [0, 0.1) is 5.82 Å². The molecule has 0 bridgehead atoms. The standard InChI is InChI=1S/C17H21FN2OS.ClH/c18-15-4-1-3-14(11-15)17(20-6-8-21-9-7-20)13-19-12-16-5-2-10-22-16;/h1-5,10-11,17,19H,6-9,12-13H2;1H. The van der Waals surface area contributed by atoms with E-state index in [1.54, 1.807) is 23.5 Å². The van der Waals surface area contributed by atoms with Crippen molar-refractivity contribution in [1.82, 2.24) is 10.2 Å². The van der Waals surface area contributed by atoms with Crippen molar-refractivity contribution in [1.29, 1.82) is 0 Å². The fourth-order valence-electron chi connectivity index (χ4n) is 2.81. The number of thiophene rings is 1. The monoisotopic (exact) mass is 356 g/mol. The molecule has 0 saturated carbocycles. The lowest BCUT2D eigenvalue weighted by molar-refractivity contribution is 0.0160. The molecule has 1 aliphatic heterocycles. The minimum absolute atomic E-state index is 0. The fourth-order valence-corrected chi connectivity index (χ4v) is 3.48. The molecule has 0 aliphatic carbocycles. The summed E-state index contributed by atoms with van der Waals surface area (Å²) in [5.74, 6) is -0.172. The Morgan fingerprint density at radius 1 is 1.22 bits per heavy atom. The van der Waals surface area contributed by atoms with E-state index >= 15 is 0 Å². The van der Waals surface area contributed by atoms with Crippen LogP contribution in [-0.2, 0) is 11.3 Å². The van der Waals surface area contributed by atoms with E-state index in [2.05, 4.69) is 27.7 Å². The summed E-state index contributed by atoms with van der Waals surface area (Å²) in [6, 6.07) is 11.3. The molecule has 23 heavy (non-hydrogen) atoms. The van der Waals surface area contributed by atoms with Gasteiger partial charge in [-0.1, -0.05) is 18.2 Å². The van der Waals surface area contributed by atoms with Crippen LogP contribution in [0.3, 0.4) is 0 Å². The molecule has 1 unspecified atom stereocenters. The Morgan fingerprint density at radius 3 is 2.74 bits per heavy atom. The molecule has 0 radical (unpaired) electrons. The van der Waals surface area contributed by atoms with Crippen LogP contribution in [-0.4, -0.2) is 37.7 Å². The van der Waals surface area contributed by atoms with Gasteiger partial charge in [0.2, 0.25) is 0 Å². The molecule has 3 nitrogen and oxygen atoms in total. The maximum atomic E-state index is 13.6. The van der Waals surface area contributed by atoms with Crippen LogP contribution in [0.2, 0.25) is 0 Å². The van der Waals surface area contributed by atoms with Gasteiger partial charge in [0.25, 0.3) is 0 Å². The molecule has 126 valence electrons. The zero-order chi connectivity index (χ0) is 15.2. The van der Waals surface area contributed by atoms with Crippen LogP contribution in [0.25, 0.3) is 0 Å². The van der Waals surface area contributed by atoms with Gasteiger partial charge >= 0.3 is 0 Å². The number of hydrogen-bond acceptors (Lipinski definition) is 4. The largest absolute Gasteiger partial charge is 0.379 e. The van der Waals surface area contributed by atoms with E-state index in [0.717, 1.165) is 45.0 Å². The summed E-state index contributed by atoms with van der Waals surface area (Å²) in [6.07, 6.45) is 0. The second-order valence-corrected chi connectivity index (χ2v) is 6.46. The third-order valence-electron chi connectivity index (χ3n) is 3.94. The van der Waals surface area contributed by atoms with Crippen molar-refractivity contribution in [3.63, 3.8) is 0 Å². The minimum atomic E-state index is -0.172. The SMILES string of the molecule is Cl.Fc1cccc(C(CNCc2cccs2)N2CCOCC2)c1. The quantitative estimate of drug-likeness (QED) is 0.857. The molecule has 1 aromatic heterocycles.